The molecule has 12 heteroatoms. The van der Waals surface area contributed by atoms with E-state index in [1.165, 1.54) is 0 Å². The minimum atomic E-state index is -1.51. The molecule has 2 rings (SSSR count). The number of hydrogen-bond acceptors (Lipinski definition) is 7. The molecule has 0 saturated carbocycles. The molecule has 2 aromatic carbocycles. The van der Waals surface area contributed by atoms with Crippen LogP contribution in [-0.4, -0.2) is 70.6 Å². The summed E-state index contributed by atoms with van der Waals surface area (Å²) in [6.07, 6.45) is -0.643. The normalized spacial score (nSPS) is 13.9. The molecule has 0 heterocycles. The number of aliphatic hydroxyl groups excluding tert-OH is 1. The zero-order chi connectivity index (χ0) is 27.4. The van der Waals surface area contributed by atoms with E-state index in [9.17, 15) is 29.1 Å². The van der Waals surface area contributed by atoms with Crippen molar-refractivity contribution in [2.75, 3.05) is 6.61 Å². The minimum absolute atomic E-state index is 0.00717. The molecule has 0 aromatic heterocycles. The highest BCUT2D eigenvalue weighted by Crippen LogP contribution is 2.07. The molecule has 4 unspecified atom stereocenters. The largest absolute Gasteiger partial charge is 0.480 e. The summed E-state index contributed by atoms with van der Waals surface area (Å²) in [4.78, 5) is 61.7. The number of carboxylic acids is 1. The van der Waals surface area contributed by atoms with E-state index >= 15 is 0 Å². The van der Waals surface area contributed by atoms with Gasteiger partial charge in [0.15, 0.2) is 0 Å². The van der Waals surface area contributed by atoms with Crippen LogP contribution in [-0.2, 0) is 36.8 Å². The first kappa shape index (κ1) is 28.9. The van der Waals surface area contributed by atoms with Gasteiger partial charge in [-0.15, -0.1) is 0 Å². The second kappa shape index (κ2) is 14.3. The van der Waals surface area contributed by atoms with Crippen molar-refractivity contribution in [2.24, 2.45) is 11.5 Å². The smallest absolute Gasteiger partial charge is 0.326 e. The fourth-order valence-electron chi connectivity index (χ4n) is 3.43. The second-order valence-electron chi connectivity index (χ2n) is 8.36. The predicted octanol–water partition coefficient (Wildman–Crippen LogP) is -1.79. The summed E-state index contributed by atoms with van der Waals surface area (Å²) in [5.41, 5.74) is 12.1. The number of nitrogens with two attached hydrogens (primary N) is 2. The van der Waals surface area contributed by atoms with E-state index in [1.54, 1.807) is 60.7 Å². The van der Waals surface area contributed by atoms with E-state index in [4.69, 9.17) is 16.6 Å². The number of aliphatic hydroxyl groups is 1. The van der Waals surface area contributed by atoms with Crippen LogP contribution in [0.1, 0.15) is 17.5 Å². The number of hydrogen-bond donors (Lipinski definition) is 7. The van der Waals surface area contributed by atoms with Gasteiger partial charge in [-0.3, -0.25) is 19.2 Å². The van der Waals surface area contributed by atoms with Crippen molar-refractivity contribution < 1.29 is 34.2 Å². The van der Waals surface area contributed by atoms with Crippen molar-refractivity contribution in [1.82, 2.24) is 16.0 Å². The van der Waals surface area contributed by atoms with Gasteiger partial charge in [0.1, 0.15) is 24.2 Å². The first-order valence-corrected chi connectivity index (χ1v) is 11.5. The summed E-state index contributed by atoms with van der Waals surface area (Å²) in [7, 11) is 0. The van der Waals surface area contributed by atoms with Gasteiger partial charge in [0.25, 0.3) is 0 Å². The number of primary amides is 1. The lowest BCUT2D eigenvalue weighted by Gasteiger charge is -2.24. The summed E-state index contributed by atoms with van der Waals surface area (Å²) in [5, 5.41) is 25.9. The third kappa shape index (κ3) is 9.70. The van der Waals surface area contributed by atoms with Crippen molar-refractivity contribution in [1.29, 1.82) is 0 Å². The maximum atomic E-state index is 13.1. The van der Waals surface area contributed by atoms with Crippen LogP contribution < -0.4 is 27.4 Å². The number of nitrogens with one attached hydrogen (secondary N) is 3. The van der Waals surface area contributed by atoms with Crippen LogP contribution in [0.5, 0.6) is 0 Å². The molecule has 198 valence electrons. The molecule has 0 fully saturated rings. The zero-order valence-electron chi connectivity index (χ0n) is 20.0. The summed E-state index contributed by atoms with van der Waals surface area (Å²) in [6.45, 7) is -0.657. The summed E-state index contributed by atoms with van der Waals surface area (Å²) in [5.74, 6) is -4.80. The molecule has 12 nitrogen and oxygen atoms in total. The topological polar surface area (TPSA) is 214 Å². The molecule has 37 heavy (non-hydrogen) atoms. The van der Waals surface area contributed by atoms with Crippen LogP contribution in [0.2, 0.25) is 0 Å². The first-order valence-electron chi connectivity index (χ1n) is 11.5. The van der Waals surface area contributed by atoms with Crippen molar-refractivity contribution in [3.8, 4) is 0 Å². The fraction of sp³-hybridized carbons (Fsp3) is 0.320. The number of carbonyl (C=O) groups excluding carboxylic acids is 4. The molecule has 9 N–H and O–H groups in total. The lowest BCUT2D eigenvalue weighted by Crippen LogP contribution is -2.58. The number of amides is 4. The summed E-state index contributed by atoms with van der Waals surface area (Å²) >= 11 is 0. The Balaban J connectivity index is 2.21. The third-order valence-corrected chi connectivity index (χ3v) is 5.38. The SMILES string of the molecule is NC(=O)CC(NC(=O)C(Cc1ccccc1)NC(=O)C(N)CO)C(=O)NC(Cc1ccccc1)C(=O)O. The van der Waals surface area contributed by atoms with Crippen molar-refractivity contribution >= 4 is 29.6 Å². The van der Waals surface area contributed by atoms with Crippen LogP contribution >= 0.6 is 0 Å². The molecular formula is C25H31N5O7. The number of carboxylic acid groups (broad SMARTS) is 1. The predicted molar refractivity (Wildman–Crippen MR) is 133 cm³/mol. The van der Waals surface area contributed by atoms with Gasteiger partial charge in [-0.2, -0.15) is 0 Å². The van der Waals surface area contributed by atoms with Crippen molar-refractivity contribution in [3.63, 3.8) is 0 Å². The Morgan fingerprint density at radius 2 is 1.14 bits per heavy atom. The third-order valence-electron chi connectivity index (χ3n) is 5.38. The zero-order valence-corrected chi connectivity index (χ0v) is 20.0. The van der Waals surface area contributed by atoms with Crippen molar-refractivity contribution in [2.45, 2.75) is 43.4 Å². The lowest BCUT2D eigenvalue weighted by molar-refractivity contribution is -0.142. The van der Waals surface area contributed by atoms with Crippen LogP contribution in [0.15, 0.2) is 60.7 Å². The molecule has 0 aliphatic carbocycles. The van der Waals surface area contributed by atoms with E-state index in [-0.39, 0.29) is 12.8 Å². The Morgan fingerprint density at radius 3 is 1.59 bits per heavy atom. The van der Waals surface area contributed by atoms with E-state index in [2.05, 4.69) is 16.0 Å². The van der Waals surface area contributed by atoms with E-state index in [0.717, 1.165) is 0 Å². The Bertz CT molecular complexity index is 1080. The van der Waals surface area contributed by atoms with Gasteiger partial charge in [-0.05, 0) is 11.1 Å². The highest BCUT2D eigenvalue weighted by molar-refractivity contribution is 5.96. The molecule has 0 aliphatic heterocycles. The molecule has 0 spiro atoms. The molecule has 0 radical (unpaired) electrons. The highest BCUT2D eigenvalue weighted by atomic mass is 16.4. The van der Waals surface area contributed by atoms with E-state index in [1.807, 2.05) is 0 Å². The van der Waals surface area contributed by atoms with Gasteiger partial charge >= 0.3 is 5.97 Å². The molecular weight excluding hydrogens is 482 g/mol. The molecule has 0 aliphatic rings. The van der Waals surface area contributed by atoms with Gasteiger partial charge in [0.2, 0.25) is 23.6 Å². The van der Waals surface area contributed by atoms with Gasteiger partial charge < -0.3 is 37.6 Å². The average Bonchev–Trinajstić information content (AvgIpc) is 2.87. The number of benzene rings is 2. The van der Waals surface area contributed by atoms with E-state index in [0.29, 0.717) is 11.1 Å². The lowest BCUT2D eigenvalue weighted by atomic mass is 10.0. The molecule has 4 atom stereocenters. The summed E-state index contributed by atoms with van der Waals surface area (Å²) in [6, 6.07) is 11.9. The van der Waals surface area contributed by atoms with Gasteiger partial charge in [0, 0.05) is 12.8 Å². The van der Waals surface area contributed by atoms with Crippen LogP contribution in [0.25, 0.3) is 0 Å². The van der Waals surface area contributed by atoms with Gasteiger partial charge in [0.05, 0.1) is 13.0 Å². The number of carbonyl (C=O) groups is 5. The van der Waals surface area contributed by atoms with Gasteiger partial charge in [-0.25, -0.2) is 4.79 Å². The Kier molecular flexibility index (Phi) is 11.2. The molecule has 2 aromatic rings. The maximum absolute atomic E-state index is 13.1. The Labute approximate surface area is 213 Å². The summed E-state index contributed by atoms with van der Waals surface area (Å²) < 4.78 is 0. The number of rotatable bonds is 14. The van der Waals surface area contributed by atoms with Gasteiger partial charge in [-0.1, -0.05) is 60.7 Å². The van der Waals surface area contributed by atoms with E-state index < -0.39 is 66.8 Å². The minimum Gasteiger partial charge on any atom is -0.480 e. The monoisotopic (exact) mass is 513 g/mol. The molecule has 4 amide bonds. The Morgan fingerprint density at radius 1 is 0.703 bits per heavy atom. The molecule has 0 saturated heterocycles. The fourth-order valence-corrected chi connectivity index (χ4v) is 3.43. The average molecular weight is 514 g/mol. The maximum Gasteiger partial charge on any atom is 0.326 e. The quantitative estimate of drug-likeness (QED) is 0.153. The second-order valence-corrected chi connectivity index (χ2v) is 8.36. The highest BCUT2D eigenvalue weighted by Gasteiger charge is 2.31. The van der Waals surface area contributed by atoms with Crippen LogP contribution in [0.3, 0.4) is 0 Å². The standard InChI is InChI=1S/C25H31N5O7/c26-17(14-31)22(33)28-18(11-15-7-3-1-4-8-15)23(34)29-19(13-21(27)32)24(35)30-20(25(36)37)12-16-9-5-2-6-10-16/h1-10,17-20,31H,11-14,26H2,(H2,27,32)(H,28,33)(H,29,34)(H,30,35)(H,36,37). The molecule has 0 bridgehead atoms. The van der Waals surface area contributed by atoms with Crippen molar-refractivity contribution in [3.05, 3.63) is 71.8 Å². The Hall–Kier alpha value is -4.29. The number of aliphatic carboxylic acids is 1. The van der Waals surface area contributed by atoms with Crippen LogP contribution in [0, 0.1) is 0 Å². The van der Waals surface area contributed by atoms with Crippen LogP contribution in [0.4, 0.5) is 0 Å². The first-order chi connectivity index (χ1) is 17.6.